The zero-order chi connectivity index (χ0) is 13.4. The van der Waals surface area contributed by atoms with Gasteiger partial charge in [0.15, 0.2) is 0 Å². The lowest BCUT2D eigenvalue weighted by atomic mass is 10.0. The van der Waals surface area contributed by atoms with Gasteiger partial charge >= 0.3 is 0 Å². The molecule has 2 aromatic carbocycles. The lowest BCUT2D eigenvalue weighted by Gasteiger charge is -2.18. The fraction of sp³-hybridized carbons (Fsp3) is 0.235. The van der Waals surface area contributed by atoms with E-state index < -0.39 is 0 Å². The molecule has 1 heterocycles. The molecule has 0 bridgehead atoms. The van der Waals surface area contributed by atoms with E-state index in [9.17, 15) is 0 Å². The van der Waals surface area contributed by atoms with Gasteiger partial charge in [-0.05, 0) is 29.2 Å². The van der Waals surface area contributed by atoms with Gasteiger partial charge in [-0.15, -0.1) is 0 Å². The van der Waals surface area contributed by atoms with E-state index in [2.05, 4.69) is 49.1 Å². The number of amidine groups is 1. The molecule has 0 amide bonds. The molecule has 1 aliphatic rings. The summed E-state index contributed by atoms with van der Waals surface area (Å²) in [5.41, 5.74) is 4.73. The van der Waals surface area contributed by atoms with E-state index in [-0.39, 0.29) is 0 Å². The van der Waals surface area contributed by atoms with Crippen molar-refractivity contribution in [1.29, 1.82) is 5.41 Å². The van der Waals surface area contributed by atoms with Crippen molar-refractivity contribution in [3.63, 3.8) is 0 Å². The number of anilines is 1. The summed E-state index contributed by atoms with van der Waals surface area (Å²) in [6.07, 6.45) is 0. The Morgan fingerprint density at radius 3 is 2.32 bits per heavy atom. The van der Waals surface area contributed by atoms with Gasteiger partial charge in [0.05, 0.1) is 6.54 Å². The van der Waals surface area contributed by atoms with Crippen LogP contribution in [-0.4, -0.2) is 5.84 Å². The van der Waals surface area contributed by atoms with Gasteiger partial charge in [0.1, 0.15) is 5.84 Å². The number of fused-ring (bicyclic) bond motifs is 1. The highest BCUT2D eigenvalue weighted by Crippen LogP contribution is 2.29. The first-order valence-corrected chi connectivity index (χ1v) is 6.71. The Labute approximate surface area is 114 Å². The fourth-order valence-electron chi connectivity index (χ4n) is 2.54. The Balaban J connectivity index is 1.91. The first kappa shape index (κ1) is 12.0. The van der Waals surface area contributed by atoms with Crippen LogP contribution in [0.25, 0.3) is 0 Å². The molecule has 3 rings (SSSR count). The average Bonchev–Trinajstić information content (AvgIpc) is 2.77. The smallest absolute Gasteiger partial charge is 0.133 e. The number of rotatable bonds is 2. The van der Waals surface area contributed by atoms with Crippen molar-refractivity contribution in [2.24, 2.45) is 0 Å². The standard InChI is InChI=1S/C17H18N2/c1-12(2)13-7-9-15(10-8-13)19-11-14-5-3-4-6-16(14)17(19)18/h3-10,12,18H,11H2,1-2H3. The third kappa shape index (κ3) is 2.03. The SMILES string of the molecule is CC(C)c1ccc(N2Cc3ccccc3C2=N)cc1. The Morgan fingerprint density at radius 2 is 1.68 bits per heavy atom. The van der Waals surface area contributed by atoms with Gasteiger partial charge in [0.2, 0.25) is 0 Å². The highest BCUT2D eigenvalue weighted by Gasteiger charge is 2.24. The van der Waals surface area contributed by atoms with Crippen LogP contribution < -0.4 is 4.90 Å². The summed E-state index contributed by atoms with van der Waals surface area (Å²) in [5.74, 6) is 1.15. The lowest BCUT2D eigenvalue weighted by molar-refractivity contribution is 0.866. The molecule has 0 radical (unpaired) electrons. The molecule has 0 atom stereocenters. The van der Waals surface area contributed by atoms with Gasteiger partial charge in [-0.1, -0.05) is 50.2 Å². The van der Waals surface area contributed by atoms with E-state index >= 15 is 0 Å². The van der Waals surface area contributed by atoms with Gasteiger partial charge in [0, 0.05) is 11.3 Å². The molecular weight excluding hydrogens is 232 g/mol. The van der Waals surface area contributed by atoms with Crippen LogP contribution in [0.4, 0.5) is 5.69 Å². The first-order chi connectivity index (χ1) is 9.16. The summed E-state index contributed by atoms with van der Waals surface area (Å²) in [4.78, 5) is 2.06. The second kappa shape index (κ2) is 4.54. The summed E-state index contributed by atoms with van der Waals surface area (Å²) >= 11 is 0. The van der Waals surface area contributed by atoms with Crippen LogP contribution in [0.1, 0.15) is 36.5 Å². The van der Waals surface area contributed by atoms with Gasteiger partial charge in [-0.3, -0.25) is 5.41 Å². The molecule has 0 saturated carbocycles. The first-order valence-electron chi connectivity index (χ1n) is 6.71. The van der Waals surface area contributed by atoms with Gasteiger partial charge in [0.25, 0.3) is 0 Å². The summed E-state index contributed by atoms with van der Waals surface area (Å²) in [6, 6.07) is 16.7. The molecule has 0 spiro atoms. The molecule has 1 N–H and O–H groups in total. The van der Waals surface area contributed by atoms with Crippen LogP contribution in [0.2, 0.25) is 0 Å². The summed E-state index contributed by atoms with van der Waals surface area (Å²) in [7, 11) is 0. The predicted molar refractivity (Wildman–Crippen MR) is 80.0 cm³/mol. The quantitative estimate of drug-likeness (QED) is 0.851. The maximum atomic E-state index is 8.29. The minimum atomic E-state index is 0.546. The fourth-order valence-corrected chi connectivity index (χ4v) is 2.54. The minimum absolute atomic E-state index is 0.546. The van der Waals surface area contributed by atoms with E-state index in [1.54, 1.807) is 0 Å². The van der Waals surface area contributed by atoms with E-state index in [0.717, 1.165) is 17.8 Å². The number of hydrogen-bond acceptors (Lipinski definition) is 1. The molecule has 0 aromatic heterocycles. The van der Waals surface area contributed by atoms with E-state index in [1.807, 2.05) is 18.2 Å². The van der Waals surface area contributed by atoms with Crippen LogP contribution in [0, 0.1) is 5.41 Å². The molecule has 19 heavy (non-hydrogen) atoms. The largest absolute Gasteiger partial charge is 0.322 e. The van der Waals surface area contributed by atoms with Crippen LogP contribution >= 0.6 is 0 Å². The highest BCUT2D eigenvalue weighted by atomic mass is 15.2. The summed E-state index contributed by atoms with van der Waals surface area (Å²) < 4.78 is 0. The molecular formula is C17H18N2. The third-order valence-corrected chi connectivity index (χ3v) is 3.74. The average molecular weight is 250 g/mol. The molecule has 2 nitrogen and oxygen atoms in total. The van der Waals surface area contributed by atoms with E-state index in [0.29, 0.717) is 11.8 Å². The number of nitrogens with one attached hydrogen (secondary N) is 1. The second-order valence-electron chi connectivity index (χ2n) is 5.34. The van der Waals surface area contributed by atoms with Gasteiger partial charge in [-0.2, -0.15) is 0 Å². The highest BCUT2D eigenvalue weighted by molar-refractivity contribution is 6.11. The third-order valence-electron chi connectivity index (χ3n) is 3.74. The van der Waals surface area contributed by atoms with E-state index in [1.165, 1.54) is 11.1 Å². The molecule has 0 fully saturated rings. The van der Waals surface area contributed by atoms with Crippen LogP contribution in [0.5, 0.6) is 0 Å². The monoisotopic (exact) mass is 250 g/mol. The van der Waals surface area contributed by atoms with Crippen LogP contribution in [0.3, 0.4) is 0 Å². The molecule has 2 aromatic rings. The van der Waals surface area contributed by atoms with Crippen molar-refractivity contribution in [3.05, 3.63) is 65.2 Å². The van der Waals surface area contributed by atoms with Gasteiger partial charge < -0.3 is 4.90 Å². The molecule has 0 aliphatic carbocycles. The molecule has 0 unspecified atom stereocenters. The second-order valence-corrected chi connectivity index (χ2v) is 5.34. The van der Waals surface area contributed by atoms with Crippen LogP contribution in [0.15, 0.2) is 48.5 Å². The minimum Gasteiger partial charge on any atom is -0.322 e. The summed E-state index contributed by atoms with van der Waals surface area (Å²) in [5, 5.41) is 8.29. The van der Waals surface area contributed by atoms with Crippen molar-refractivity contribution in [1.82, 2.24) is 0 Å². The Kier molecular flexibility index (Phi) is 2.86. The Bertz CT molecular complexity index is 611. The van der Waals surface area contributed by atoms with Gasteiger partial charge in [-0.25, -0.2) is 0 Å². The molecule has 96 valence electrons. The normalized spacial score (nSPS) is 14.1. The van der Waals surface area contributed by atoms with Crippen LogP contribution in [-0.2, 0) is 6.54 Å². The van der Waals surface area contributed by atoms with E-state index in [4.69, 9.17) is 5.41 Å². The topological polar surface area (TPSA) is 27.1 Å². The van der Waals surface area contributed by atoms with Crippen molar-refractivity contribution in [2.75, 3.05) is 4.90 Å². The molecule has 1 aliphatic heterocycles. The summed E-state index contributed by atoms with van der Waals surface area (Å²) in [6.45, 7) is 5.20. The number of benzene rings is 2. The maximum Gasteiger partial charge on any atom is 0.133 e. The zero-order valence-corrected chi connectivity index (χ0v) is 11.4. The van der Waals surface area contributed by atoms with Crippen molar-refractivity contribution < 1.29 is 0 Å². The lowest BCUT2D eigenvalue weighted by Crippen LogP contribution is -2.22. The Morgan fingerprint density at radius 1 is 1.00 bits per heavy atom. The zero-order valence-electron chi connectivity index (χ0n) is 11.4. The number of hydrogen-bond donors (Lipinski definition) is 1. The van der Waals surface area contributed by atoms with Crippen molar-refractivity contribution >= 4 is 11.5 Å². The Hall–Kier alpha value is -2.09. The molecule has 0 saturated heterocycles. The molecule has 2 heteroatoms. The van der Waals surface area contributed by atoms with Crippen molar-refractivity contribution in [2.45, 2.75) is 26.3 Å². The maximum absolute atomic E-state index is 8.29. The van der Waals surface area contributed by atoms with Crippen molar-refractivity contribution in [3.8, 4) is 0 Å². The number of nitrogens with zero attached hydrogens (tertiary/aromatic N) is 1. The predicted octanol–water partition coefficient (Wildman–Crippen LogP) is 4.16.